The van der Waals surface area contributed by atoms with E-state index in [4.69, 9.17) is 5.73 Å². The van der Waals surface area contributed by atoms with Crippen molar-refractivity contribution in [1.82, 2.24) is 5.32 Å². The van der Waals surface area contributed by atoms with E-state index in [1.54, 1.807) is 0 Å². The Kier molecular flexibility index (Phi) is 3.57. The van der Waals surface area contributed by atoms with Crippen LogP contribution in [-0.2, 0) is 0 Å². The molecule has 82 valence electrons. The highest BCUT2D eigenvalue weighted by Crippen LogP contribution is 2.24. The first-order chi connectivity index (χ1) is 7.29. The monoisotopic (exact) mass is 222 g/mol. The summed E-state index contributed by atoms with van der Waals surface area (Å²) < 4.78 is 0. The Morgan fingerprint density at radius 2 is 2.20 bits per heavy atom. The van der Waals surface area contributed by atoms with E-state index in [-0.39, 0.29) is 0 Å². The van der Waals surface area contributed by atoms with Crippen molar-refractivity contribution < 1.29 is 0 Å². The number of nitrogens with one attached hydrogen (secondary N) is 1. The van der Waals surface area contributed by atoms with Gasteiger partial charge in [-0.25, -0.2) is 0 Å². The lowest BCUT2D eigenvalue weighted by Gasteiger charge is -2.20. The second-order valence-corrected chi connectivity index (χ2v) is 5.36. The van der Waals surface area contributed by atoms with E-state index in [0.29, 0.717) is 18.6 Å². The Labute approximate surface area is 95.2 Å². The van der Waals surface area contributed by atoms with Crippen molar-refractivity contribution in [3.63, 3.8) is 0 Å². The van der Waals surface area contributed by atoms with Gasteiger partial charge >= 0.3 is 0 Å². The van der Waals surface area contributed by atoms with E-state index < -0.39 is 0 Å². The number of hydrogen-bond acceptors (Lipinski definition) is 3. The molecule has 0 radical (unpaired) electrons. The van der Waals surface area contributed by atoms with E-state index in [9.17, 15) is 0 Å². The summed E-state index contributed by atoms with van der Waals surface area (Å²) in [6.07, 6.45) is 6.76. The summed E-state index contributed by atoms with van der Waals surface area (Å²) in [5, 5.41) is 3.62. The lowest BCUT2D eigenvalue weighted by molar-refractivity contribution is 0.458. The summed E-state index contributed by atoms with van der Waals surface area (Å²) in [7, 11) is 0. The van der Waals surface area contributed by atoms with Crippen LogP contribution in [0.3, 0.4) is 0 Å². The molecule has 2 rings (SSSR count). The summed E-state index contributed by atoms with van der Waals surface area (Å²) in [6.45, 7) is 2.81. The van der Waals surface area contributed by atoms with Crippen LogP contribution >= 0.6 is 11.3 Å². The average Bonchev–Trinajstić information content (AvgIpc) is 2.85. The lowest BCUT2D eigenvalue weighted by Crippen LogP contribution is -2.34. The summed E-state index contributed by atoms with van der Waals surface area (Å²) in [5.74, 6) is 0. The van der Waals surface area contributed by atoms with Gasteiger partial charge in [-0.15, -0.1) is 11.3 Å². The fourth-order valence-corrected chi connectivity index (χ4v) is 2.90. The van der Waals surface area contributed by atoms with Crippen LogP contribution in [0, 0.1) is 6.92 Å². The molecule has 3 N–H and O–H groups in total. The van der Waals surface area contributed by atoms with E-state index in [2.05, 4.69) is 36.5 Å². The molecular weight excluding hydrogens is 204 g/mol. The summed E-state index contributed by atoms with van der Waals surface area (Å²) in [6, 6.07) is 5.26. The zero-order valence-corrected chi connectivity index (χ0v) is 9.89. The number of thiophene rings is 1. The molecule has 1 aliphatic rings. The molecule has 1 unspecified atom stereocenters. The highest BCUT2D eigenvalue weighted by molar-refractivity contribution is 7.12. The number of hydrogen-bond donors (Lipinski definition) is 2. The van der Waals surface area contributed by atoms with Gasteiger partial charge in [0.1, 0.15) is 0 Å². The van der Waals surface area contributed by atoms with Crippen molar-refractivity contribution in [2.24, 2.45) is 5.73 Å². The van der Waals surface area contributed by atoms with Crippen LogP contribution < -0.4 is 11.1 Å². The Bertz CT molecular complexity index is 335. The zero-order chi connectivity index (χ0) is 10.7. The molecule has 1 atom stereocenters. The van der Waals surface area contributed by atoms with Gasteiger partial charge in [0, 0.05) is 22.3 Å². The molecule has 15 heavy (non-hydrogen) atoms. The topological polar surface area (TPSA) is 38.0 Å². The zero-order valence-electron chi connectivity index (χ0n) is 9.07. The third kappa shape index (κ3) is 2.68. The minimum absolute atomic E-state index is 0.327. The quantitative estimate of drug-likeness (QED) is 0.768. The molecule has 1 heterocycles. The van der Waals surface area contributed by atoms with Crippen LogP contribution in [0.5, 0.6) is 0 Å². The maximum absolute atomic E-state index is 5.82. The van der Waals surface area contributed by atoms with Gasteiger partial charge in [0.2, 0.25) is 0 Å². The Morgan fingerprint density at radius 3 is 2.73 bits per heavy atom. The molecule has 3 heteroatoms. The molecular formula is C12H18N2S. The van der Waals surface area contributed by atoms with Crippen molar-refractivity contribution in [2.45, 2.75) is 31.8 Å². The van der Waals surface area contributed by atoms with Crippen molar-refractivity contribution in [2.75, 3.05) is 6.54 Å². The first kappa shape index (κ1) is 10.9. The summed E-state index contributed by atoms with van der Waals surface area (Å²) >= 11 is 1.84. The van der Waals surface area contributed by atoms with Gasteiger partial charge in [0.15, 0.2) is 0 Å². The van der Waals surface area contributed by atoms with Gasteiger partial charge in [-0.1, -0.05) is 12.2 Å². The predicted octanol–water partition coefficient (Wildman–Crippen LogP) is 2.36. The van der Waals surface area contributed by atoms with Crippen molar-refractivity contribution in [3.05, 3.63) is 34.0 Å². The van der Waals surface area contributed by atoms with Gasteiger partial charge in [-0.05, 0) is 31.9 Å². The first-order valence-electron chi connectivity index (χ1n) is 5.47. The Balaban J connectivity index is 1.97. The predicted molar refractivity (Wildman–Crippen MR) is 66.1 cm³/mol. The second kappa shape index (κ2) is 4.92. The molecule has 0 bridgehead atoms. The normalized spacial score (nSPS) is 18.5. The molecule has 0 aromatic carbocycles. The molecule has 1 aromatic heterocycles. The van der Waals surface area contributed by atoms with Crippen LogP contribution in [0.1, 0.15) is 28.6 Å². The minimum atomic E-state index is 0.327. The van der Waals surface area contributed by atoms with E-state index in [1.165, 1.54) is 9.75 Å². The smallest absolute Gasteiger partial charge is 0.0541 e. The maximum Gasteiger partial charge on any atom is 0.0541 e. The number of aryl methyl sites for hydroxylation is 1. The maximum atomic E-state index is 5.82. The van der Waals surface area contributed by atoms with Crippen LogP contribution in [0.15, 0.2) is 24.3 Å². The SMILES string of the molecule is Cc1ccc(C(CN)NC2CC=CC2)s1. The number of nitrogens with two attached hydrogens (primary N) is 1. The molecule has 0 saturated carbocycles. The standard InChI is InChI=1S/C12H18N2S/c1-9-6-7-12(15-9)11(8-13)14-10-4-2-3-5-10/h2-3,6-7,10-11,14H,4-5,8,13H2,1H3. The van der Waals surface area contributed by atoms with Crippen LogP contribution in [0.4, 0.5) is 0 Å². The fraction of sp³-hybridized carbons (Fsp3) is 0.500. The third-order valence-corrected chi connectivity index (χ3v) is 3.90. The molecule has 0 aliphatic heterocycles. The highest BCUT2D eigenvalue weighted by atomic mass is 32.1. The van der Waals surface area contributed by atoms with Crippen molar-refractivity contribution in [1.29, 1.82) is 0 Å². The largest absolute Gasteiger partial charge is 0.329 e. The molecule has 2 nitrogen and oxygen atoms in total. The lowest BCUT2D eigenvalue weighted by atomic mass is 10.1. The molecule has 0 spiro atoms. The molecule has 0 fully saturated rings. The van der Waals surface area contributed by atoms with E-state index >= 15 is 0 Å². The summed E-state index contributed by atoms with van der Waals surface area (Å²) in [5.41, 5.74) is 5.82. The molecule has 0 saturated heterocycles. The van der Waals surface area contributed by atoms with Gasteiger partial charge in [0.25, 0.3) is 0 Å². The van der Waals surface area contributed by atoms with Crippen molar-refractivity contribution in [3.8, 4) is 0 Å². The van der Waals surface area contributed by atoms with Crippen LogP contribution in [-0.4, -0.2) is 12.6 Å². The third-order valence-electron chi connectivity index (χ3n) is 2.79. The van der Waals surface area contributed by atoms with Gasteiger partial charge in [-0.2, -0.15) is 0 Å². The van der Waals surface area contributed by atoms with Crippen molar-refractivity contribution >= 4 is 11.3 Å². The number of rotatable bonds is 4. The summed E-state index contributed by atoms with van der Waals surface area (Å²) in [4.78, 5) is 2.72. The van der Waals surface area contributed by atoms with Crippen LogP contribution in [0.25, 0.3) is 0 Å². The molecule has 1 aromatic rings. The first-order valence-corrected chi connectivity index (χ1v) is 6.28. The van der Waals surface area contributed by atoms with Crippen LogP contribution in [0.2, 0.25) is 0 Å². The Hall–Kier alpha value is -0.640. The fourth-order valence-electron chi connectivity index (χ4n) is 1.94. The molecule has 0 amide bonds. The van der Waals surface area contributed by atoms with Gasteiger partial charge in [0.05, 0.1) is 6.04 Å². The van der Waals surface area contributed by atoms with Gasteiger partial charge < -0.3 is 11.1 Å². The Morgan fingerprint density at radius 1 is 1.47 bits per heavy atom. The molecule has 1 aliphatic carbocycles. The highest BCUT2D eigenvalue weighted by Gasteiger charge is 2.17. The second-order valence-electron chi connectivity index (χ2n) is 4.04. The minimum Gasteiger partial charge on any atom is -0.329 e. The van der Waals surface area contributed by atoms with E-state index in [0.717, 1.165) is 12.8 Å². The van der Waals surface area contributed by atoms with Gasteiger partial charge in [-0.3, -0.25) is 0 Å². The average molecular weight is 222 g/mol. The van der Waals surface area contributed by atoms with E-state index in [1.807, 2.05) is 11.3 Å².